The highest BCUT2D eigenvalue weighted by Gasteiger charge is 2.16. The standard InChI is InChI=1S/C21H29N4O4P/c1-4-16(3)21(26)22-13-14-25(5-2)19-11-9-17(10-12-19)23-24-18-7-6-8-20(15-18)30(27,28)29/h6-12,15-16H,4-5,13-14H2,1-3H3,(H,22,26)(H2,27,28,29). The van der Waals surface area contributed by atoms with Gasteiger partial charge >= 0.3 is 7.60 Å². The first kappa shape index (κ1) is 23.7. The predicted molar refractivity (Wildman–Crippen MR) is 119 cm³/mol. The third-order valence-corrected chi connectivity index (χ3v) is 5.74. The van der Waals surface area contributed by atoms with Crippen molar-refractivity contribution >= 4 is 35.9 Å². The Morgan fingerprint density at radius 3 is 2.37 bits per heavy atom. The summed E-state index contributed by atoms with van der Waals surface area (Å²) in [5, 5.41) is 11.1. The molecule has 0 saturated carbocycles. The van der Waals surface area contributed by atoms with Gasteiger partial charge in [-0.25, -0.2) is 0 Å². The molecule has 0 saturated heterocycles. The maximum Gasteiger partial charge on any atom is 0.356 e. The molecular weight excluding hydrogens is 403 g/mol. The van der Waals surface area contributed by atoms with E-state index in [1.165, 1.54) is 18.2 Å². The Kier molecular flexibility index (Phi) is 8.72. The first-order chi connectivity index (χ1) is 14.2. The van der Waals surface area contributed by atoms with Crippen LogP contribution in [0.3, 0.4) is 0 Å². The fraction of sp³-hybridized carbons (Fsp3) is 0.381. The van der Waals surface area contributed by atoms with Crippen molar-refractivity contribution in [2.45, 2.75) is 27.2 Å². The van der Waals surface area contributed by atoms with Gasteiger partial charge in [-0.05, 0) is 55.8 Å². The Hall–Kier alpha value is -2.54. The van der Waals surface area contributed by atoms with Gasteiger partial charge in [-0.15, -0.1) is 0 Å². The molecule has 0 heterocycles. The third kappa shape index (κ3) is 7.06. The highest BCUT2D eigenvalue weighted by molar-refractivity contribution is 7.60. The fourth-order valence-corrected chi connectivity index (χ4v) is 3.31. The summed E-state index contributed by atoms with van der Waals surface area (Å²) < 4.78 is 11.3. The smallest absolute Gasteiger partial charge is 0.356 e. The zero-order valence-electron chi connectivity index (χ0n) is 17.5. The normalized spacial score (nSPS) is 12.7. The Morgan fingerprint density at radius 1 is 1.10 bits per heavy atom. The van der Waals surface area contributed by atoms with Crippen LogP contribution in [0.5, 0.6) is 0 Å². The van der Waals surface area contributed by atoms with E-state index in [4.69, 9.17) is 0 Å². The Labute approximate surface area is 177 Å². The number of rotatable bonds is 10. The number of amides is 1. The lowest BCUT2D eigenvalue weighted by Gasteiger charge is -2.23. The molecule has 162 valence electrons. The van der Waals surface area contributed by atoms with E-state index in [0.717, 1.165) is 18.7 Å². The number of carbonyl (C=O) groups excluding carboxylic acids is 1. The largest absolute Gasteiger partial charge is 0.370 e. The van der Waals surface area contributed by atoms with E-state index in [0.29, 0.717) is 24.5 Å². The van der Waals surface area contributed by atoms with Crippen molar-refractivity contribution in [2.75, 3.05) is 24.5 Å². The SMILES string of the molecule is CCC(C)C(=O)NCCN(CC)c1ccc(N=Nc2cccc(P(=O)(O)O)c2)cc1. The van der Waals surface area contributed by atoms with Gasteiger partial charge in [0.25, 0.3) is 0 Å². The Bertz CT molecular complexity index is 911. The molecule has 30 heavy (non-hydrogen) atoms. The first-order valence-corrected chi connectivity index (χ1v) is 11.6. The van der Waals surface area contributed by atoms with E-state index in [9.17, 15) is 19.1 Å². The van der Waals surface area contributed by atoms with Gasteiger partial charge in [0.2, 0.25) is 5.91 Å². The van der Waals surface area contributed by atoms with Gasteiger partial charge in [0, 0.05) is 31.2 Å². The quantitative estimate of drug-likeness (QED) is 0.389. The molecule has 0 bridgehead atoms. The molecular formula is C21H29N4O4P. The van der Waals surface area contributed by atoms with Crippen LogP contribution >= 0.6 is 7.60 Å². The van der Waals surface area contributed by atoms with Crippen LogP contribution in [0, 0.1) is 5.92 Å². The summed E-state index contributed by atoms with van der Waals surface area (Å²) in [7, 11) is -4.32. The Balaban J connectivity index is 1.99. The number of likely N-dealkylation sites (N-methyl/N-ethyl adjacent to an activating group) is 1. The first-order valence-electron chi connectivity index (χ1n) is 9.95. The molecule has 3 N–H and O–H groups in total. The van der Waals surface area contributed by atoms with Crippen LogP contribution in [0.2, 0.25) is 0 Å². The number of carbonyl (C=O) groups is 1. The molecule has 0 spiro atoms. The molecule has 0 fully saturated rings. The van der Waals surface area contributed by atoms with Gasteiger partial charge < -0.3 is 20.0 Å². The van der Waals surface area contributed by atoms with Crippen LogP contribution in [-0.4, -0.2) is 35.3 Å². The summed E-state index contributed by atoms with van der Waals surface area (Å²) in [5.41, 5.74) is 2.01. The summed E-state index contributed by atoms with van der Waals surface area (Å²) in [6, 6.07) is 13.4. The lowest BCUT2D eigenvalue weighted by atomic mass is 10.1. The highest BCUT2D eigenvalue weighted by Crippen LogP contribution is 2.34. The molecule has 0 aliphatic carbocycles. The van der Waals surface area contributed by atoms with E-state index in [2.05, 4.69) is 27.4 Å². The average molecular weight is 432 g/mol. The number of hydrogen-bond acceptors (Lipinski definition) is 5. The molecule has 1 unspecified atom stereocenters. The van der Waals surface area contributed by atoms with Crippen molar-refractivity contribution in [3.8, 4) is 0 Å². The van der Waals surface area contributed by atoms with Gasteiger partial charge in [0.1, 0.15) is 0 Å². The van der Waals surface area contributed by atoms with Crippen molar-refractivity contribution in [3.63, 3.8) is 0 Å². The maximum absolute atomic E-state index is 11.9. The van der Waals surface area contributed by atoms with Crippen LogP contribution in [0.1, 0.15) is 27.2 Å². The van der Waals surface area contributed by atoms with Crippen molar-refractivity contribution in [3.05, 3.63) is 48.5 Å². The van der Waals surface area contributed by atoms with Crippen molar-refractivity contribution in [2.24, 2.45) is 16.1 Å². The third-order valence-electron chi connectivity index (χ3n) is 4.78. The van der Waals surface area contributed by atoms with E-state index in [1.54, 1.807) is 6.07 Å². The highest BCUT2D eigenvalue weighted by atomic mass is 31.2. The molecule has 8 nitrogen and oxygen atoms in total. The van der Waals surface area contributed by atoms with Crippen molar-refractivity contribution in [1.29, 1.82) is 0 Å². The van der Waals surface area contributed by atoms with Crippen LogP contribution < -0.4 is 15.5 Å². The minimum absolute atomic E-state index is 0.0205. The van der Waals surface area contributed by atoms with E-state index >= 15 is 0 Å². The molecule has 0 radical (unpaired) electrons. The lowest BCUT2D eigenvalue weighted by molar-refractivity contribution is -0.124. The zero-order valence-corrected chi connectivity index (χ0v) is 18.4. The Morgan fingerprint density at radius 2 is 1.77 bits per heavy atom. The molecule has 9 heteroatoms. The number of nitrogens with one attached hydrogen (secondary N) is 1. The number of hydrogen-bond donors (Lipinski definition) is 3. The predicted octanol–water partition coefficient (Wildman–Crippen LogP) is 3.89. The van der Waals surface area contributed by atoms with Crippen LogP contribution in [0.25, 0.3) is 0 Å². The van der Waals surface area contributed by atoms with E-state index in [-0.39, 0.29) is 17.1 Å². The summed E-state index contributed by atoms with van der Waals surface area (Å²) in [6.07, 6.45) is 0.822. The molecule has 0 aliphatic rings. The van der Waals surface area contributed by atoms with Crippen LogP contribution in [0.15, 0.2) is 58.8 Å². The average Bonchev–Trinajstić information content (AvgIpc) is 2.74. The minimum Gasteiger partial charge on any atom is -0.370 e. The second-order valence-corrected chi connectivity index (χ2v) is 8.56. The van der Waals surface area contributed by atoms with E-state index < -0.39 is 7.60 Å². The lowest BCUT2D eigenvalue weighted by Crippen LogP contribution is -2.37. The van der Waals surface area contributed by atoms with Gasteiger partial charge in [-0.3, -0.25) is 9.36 Å². The number of azo groups is 1. The van der Waals surface area contributed by atoms with Gasteiger partial charge in [0.15, 0.2) is 0 Å². The molecule has 2 aromatic rings. The topological polar surface area (TPSA) is 115 Å². The molecule has 0 aliphatic heterocycles. The van der Waals surface area contributed by atoms with Gasteiger partial charge in [-0.2, -0.15) is 10.2 Å². The summed E-state index contributed by atoms with van der Waals surface area (Å²) >= 11 is 0. The molecule has 1 amide bonds. The van der Waals surface area contributed by atoms with Gasteiger partial charge in [0.05, 0.1) is 16.7 Å². The number of benzene rings is 2. The summed E-state index contributed by atoms with van der Waals surface area (Å²) in [4.78, 5) is 32.5. The second-order valence-electron chi connectivity index (χ2n) is 6.96. The van der Waals surface area contributed by atoms with E-state index in [1.807, 2.05) is 38.1 Å². The molecule has 1 atom stereocenters. The van der Waals surface area contributed by atoms with Crippen molar-refractivity contribution < 1.29 is 19.1 Å². The number of anilines is 1. The monoisotopic (exact) mass is 432 g/mol. The van der Waals surface area contributed by atoms with Crippen molar-refractivity contribution in [1.82, 2.24) is 5.32 Å². The summed E-state index contributed by atoms with van der Waals surface area (Å²) in [6.45, 7) is 8.05. The maximum atomic E-state index is 11.9. The minimum atomic E-state index is -4.32. The van der Waals surface area contributed by atoms with Gasteiger partial charge in [-0.1, -0.05) is 19.9 Å². The molecule has 2 aromatic carbocycles. The summed E-state index contributed by atoms with van der Waals surface area (Å²) in [5.74, 6) is 0.0965. The molecule has 2 rings (SSSR count). The second kappa shape index (κ2) is 11.0. The molecule has 0 aromatic heterocycles. The van der Waals surface area contributed by atoms with Crippen LogP contribution in [0.4, 0.5) is 17.1 Å². The number of nitrogens with zero attached hydrogens (tertiary/aromatic N) is 3. The zero-order chi connectivity index (χ0) is 22.1. The fourth-order valence-electron chi connectivity index (χ4n) is 2.73. The van der Waals surface area contributed by atoms with Crippen LogP contribution in [-0.2, 0) is 9.36 Å².